The van der Waals surface area contributed by atoms with E-state index in [1.807, 2.05) is 19.9 Å². The first kappa shape index (κ1) is 14.1. The SMILES string of the molecule is CCNCC1CCCN1c1cc(OCC)nc(C)n1. The Hall–Kier alpha value is -1.36. The van der Waals surface area contributed by atoms with Crippen LogP contribution < -0.4 is 15.0 Å². The fourth-order valence-electron chi connectivity index (χ4n) is 2.55. The van der Waals surface area contributed by atoms with E-state index in [1.165, 1.54) is 12.8 Å². The van der Waals surface area contributed by atoms with Crippen LogP contribution in [0.3, 0.4) is 0 Å². The quantitative estimate of drug-likeness (QED) is 0.848. The van der Waals surface area contributed by atoms with E-state index in [0.717, 1.165) is 31.3 Å². The summed E-state index contributed by atoms with van der Waals surface area (Å²) in [7, 11) is 0. The van der Waals surface area contributed by atoms with Gasteiger partial charge in [-0.1, -0.05) is 6.92 Å². The van der Waals surface area contributed by atoms with Gasteiger partial charge in [0.25, 0.3) is 0 Å². The molecule has 0 bridgehead atoms. The van der Waals surface area contributed by atoms with Crippen molar-refractivity contribution in [2.24, 2.45) is 0 Å². The molecule has 0 radical (unpaired) electrons. The van der Waals surface area contributed by atoms with Crippen LogP contribution in [0.1, 0.15) is 32.5 Å². The van der Waals surface area contributed by atoms with Crippen LogP contribution in [-0.4, -0.2) is 42.3 Å². The third-order valence-corrected chi connectivity index (χ3v) is 3.39. The Balaban J connectivity index is 2.15. The molecule has 0 spiro atoms. The van der Waals surface area contributed by atoms with Gasteiger partial charge < -0.3 is 15.0 Å². The van der Waals surface area contributed by atoms with Gasteiger partial charge in [0.1, 0.15) is 11.6 Å². The summed E-state index contributed by atoms with van der Waals surface area (Å²) < 4.78 is 5.51. The van der Waals surface area contributed by atoms with Gasteiger partial charge in [-0.2, -0.15) is 4.98 Å². The van der Waals surface area contributed by atoms with Crippen molar-refractivity contribution in [2.75, 3.05) is 31.1 Å². The Morgan fingerprint density at radius 1 is 1.42 bits per heavy atom. The molecule has 1 N–H and O–H groups in total. The van der Waals surface area contributed by atoms with Gasteiger partial charge in [-0.3, -0.25) is 0 Å². The number of anilines is 1. The van der Waals surface area contributed by atoms with E-state index in [-0.39, 0.29) is 0 Å². The first-order valence-corrected chi connectivity index (χ1v) is 7.20. The van der Waals surface area contributed by atoms with Crippen LogP contribution in [0.2, 0.25) is 0 Å². The van der Waals surface area contributed by atoms with Crippen LogP contribution in [0.4, 0.5) is 5.82 Å². The highest BCUT2D eigenvalue weighted by Crippen LogP contribution is 2.25. The maximum atomic E-state index is 5.51. The maximum absolute atomic E-state index is 5.51. The van der Waals surface area contributed by atoms with Gasteiger partial charge in [0.05, 0.1) is 6.61 Å². The van der Waals surface area contributed by atoms with Gasteiger partial charge in [0, 0.05) is 25.2 Å². The van der Waals surface area contributed by atoms with Crippen molar-refractivity contribution in [1.82, 2.24) is 15.3 Å². The van der Waals surface area contributed by atoms with E-state index in [0.29, 0.717) is 18.5 Å². The summed E-state index contributed by atoms with van der Waals surface area (Å²) in [4.78, 5) is 11.2. The second-order valence-corrected chi connectivity index (χ2v) is 4.84. The van der Waals surface area contributed by atoms with Crippen LogP contribution >= 0.6 is 0 Å². The number of aromatic nitrogens is 2. The molecule has 1 aliphatic rings. The first-order valence-electron chi connectivity index (χ1n) is 7.20. The molecular formula is C14H24N4O. The van der Waals surface area contributed by atoms with Gasteiger partial charge in [0.15, 0.2) is 0 Å². The molecule has 1 aliphatic heterocycles. The predicted molar refractivity (Wildman–Crippen MR) is 76.8 cm³/mol. The highest BCUT2D eigenvalue weighted by molar-refractivity contribution is 5.44. The van der Waals surface area contributed by atoms with E-state index in [9.17, 15) is 0 Å². The van der Waals surface area contributed by atoms with Crippen molar-refractivity contribution in [3.05, 3.63) is 11.9 Å². The van der Waals surface area contributed by atoms with E-state index in [1.54, 1.807) is 0 Å². The zero-order valence-electron chi connectivity index (χ0n) is 12.1. The summed E-state index contributed by atoms with van der Waals surface area (Å²) in [5.74, 6) is 2.45. The molecule has 1 unspecified atom stereocenters. The Labute approximate surface area is 115 Å². The van der Waals surface area contributed by atoms with Crippen LogP contribution in [0.25, 0.3) is 0 Å². The molecule has 0 aliphatic carbocycles. The predicted octanol–water partition coefficient (Wildman–Crippen LogP) is 1.76. The molecule has 5 heteroatoms. The third kappa shape index (κ3) is 3.56. The fourth-order valence-corrected chi connectivity index (χ4v) is 2.55. The topological polar surface area (TPSA) is 50.3 Å². The highest BCUT2D eigenvalue weighted by atomic mass is 16.5. The minimum atomic E-state index is 0.531. The Bertz CT molecular complexity index is 410. The molecule has 1 fully saturated rings. The molecule has 1 aromatic rings. The number of rotatable bonds is 6. The lowest BCUT2D eigenvalue weighted by atomic mass is 10.2. The lowest BCUT2D eigenvalue weighted by Gasteiger charge is -2.26. The normalized spacial score (nSPS) is 18.9. The molecule has 0 aromatic carbocycles. The van der Waals surface area contributed by atoms with Crippen molar-refractivity contribution in [3.8, 4) is 5.88 Å². The summed E-state index contributed by atoms with van der Waals surface area (Å²) in [6.07, 6.45) is 2.45. The standard InChI is InChI=1S/C14H24N4O/c1-4-15-10-12-7-6-8-18(12)13-9-14(19-5-2)17-11(3)16-13/h9,12,15H,4-8,10H2,1-3H3. The number of aryl methyl sites for hydroxylation is 1. The lowest BCUT2D eigenvalue weighted by Crippen LogP contribution is -2.38. The van der Waals surface area contributed by atoms with Crippen molar-refractivity contribution in [2.45, 2.75) is 39.7 Å². The van der Waals surface area contributed by atoms with Crippen LogP contribution in [0.5, 0.6) is 5.88 Å². The first-order chi connectivity index (χ1) is 9.24. The molecule has 19 heavy (non-hydrogen) atoms. The Kier molecular flexibility index (Phi) is 4.96. The van der Waals surface area contributed by atoms with Crippen LogP contribution in [-0.2, 0) is 0 Å². The highest BCUT2D eigenvalue weighted by Gasteiger charge is 2.25. The van der Waals surface area contributed by atoms with E-state index >= 15 is 0 Å². The Morgan fingerprint density at radius 2 is 2.26 bits per heavy atom. The number of hydrogen-bond acceptors (Lipinski definition) is 5. The molecule has 1 atom stereocenters. The number of ether oxygens (including phenoxy) is 1. The molecule has 2 rings (SSSR count). The molecule has 5 nitrogen and oxygen atoms in total. The smallest absolute Gasteiger partial charge is 0.218 e. The summed E-state index contributed by atoms with van der Waals surface area (Å²) in [6, 6.07) is 2.49. The van der Waals surface area contributed by atoms with Crippen LogP contribution in [0.15, 0.2) is 6.07 Å². The minimum absolute atomic E-state index is 0.531. The summed E-state index contributed by atoms with van der Waals surface area (Å²) in [6.45, 7) is 9.76. The number of hydrogen-bond donors (Lipinski definition) is 1. The summed E-state index contributed by atoms with van der Waals surface area (Å²) in [5.41, 5.74) is 0. The number of nitrogens with zero attached hydrogens (tertiary/aromatic N) is 3. The average molecular weight is 264 g/mol. The average Bonchev–Trinajstić information content (AvgIpc) is 2.84. The summed E-state index contributed by atoms with van der Waals surface area (Å²) >= 11 is 0. The molecule has 106 valence electrons. The second kappa shape index (κ2) is 6.70. The zero-order chi connectivity index (χ0) is 13.7. The monoisotopic (exact) mass is 264 g/mol. The van der Waals surface area contributed by atoms with E-state index in [2.05, 4.69) is 27.1 Å². The molecule has 0 amide bonds. The van der Waals surface area contributed by atoms with Crippen molar-refractivity contribution >= 4 is 5.82 Å². The van der Waals surface area contributed by atoms with Crippen LogP contribution in [0, 0.1) is 6.92 Å². The van der Waals surface area contributed by atoms with Crippen molar-refractivity contribution in [1.29, 1.82) is 0 Å². The lowest BCUT2D eigenvalue weighted by molar-refractivity contribution is 0.325. The van der Waals surface area contributed by atoms with Gasteiger partial charge in [0.2, 0.25) is 5.88 Å². The van der Waals surface area contributed by atoms with Gasteiger partial charge in [-0.25, -0.2) is 4.98 Å². The molecule has 2 heterocycles. The Morgan fingerprint density at radius 3 is 3.00 bits per heavy atom. The molecule has 1 aromatic heterocycles. The second-order valence-electron chi connectivity index (χ2n) is 4.84. The van der Waals surface area contributed by atoms with Crippen molar-refractivity contribution < 1.29 is 4.74 Å². The maximum Gasteiger partial charge on any atom is 0.218 e. The summed E-state index contributed by atoms with van der Waals surface area (Å²) in [5, 5.41) is 3.43. The molecule has 1 saturated heterocycles. The minimum Gasteiger partial charge on any atom is -0.478 e. The largest absolute Gasteiger partial charge is 0.478 e. The molecular weight excluding hydrogens is 240 g/mol. The van der Waals surface area contributed by atoms with E-state index < -0.39 is 0 Å². The van der Waals surface area contributed by atoms with Gasteiger partial charge in [-0.05, 0) is 33.2 Å². The molecule has 0 saturated carbocycles. The van der Waals surface area contributed by atoms with E-state index in [4.69, 9.17) is 4.74 Å². The van der Waals surface area contributed by atoms with Crippen molar-refractivity contribution in [3.63, 3.8) is 0 Å². The van der Waals surface area contributed by atoms with Gasteiger partial charge in [-0.15, -0.1) is 0 Å². The fraction of sp³-hybridized carbons (Fsp3) is 0.714. The van der Waals surface area contributed by atoms with Gasteiger partial charge >= 0.3 is 0 Å². The number of likely N-dealkylation sites (N-methyl/N-ethyl adjacent to an activating group) is 1. The zero-order valence-corrected chi connectivity index (χ0v) is 12.1. The third-order valence-electron chi connectivity index (χ3n) is 3.39. The number of nitrogens with one attached hydrogen (secondary N) is 1.